The van der Waals surface area contributed by atoms with Gasteiger partial charge < -0.3 is 19.8 Å². The van der Waals surface area contributed by atoms with Gasteiger partial charge in [0, 0.05) is 5.92 Å². The van der Waals surface area contributed by atoms with E-state index in [9.17, 15) is 19.8 Å². The second kappa shape index (κ2) is 12.0. The summed E-state index contributed by atoms with van der Waals surface area (Å²) in [6, 6.07) is 0. The molecule has 0 aliphatic carbocycles. The number of carboxylic acids is 2. The predicted octanol–water partition coefficient (Wildman–Crippen LogP) is -6.67. The molecule has 0 aromatic heterocycles. The van der Waals surface area contributed by atoms with E-state index < -0.39 is 17.9 Å². The fourth-order valence-electron chi connectivity index (χ4n) is 1.52. The number of hydrogen-bond donors (Lipinski definition) is 0. The Bertz CT molecular complexity index is 197. The summed E-state index contributed by atoms with van der Waals surface area (Å²) < 4.78 is 0. The molecule has 0 saturated carbocycles. The normalized spacial score (nSPS) is 11.2. The largest absolute Gasteiger partial charge is 1.00 e. The van der Waals surface area contributed by atoms with Crippen molar-refractivity contribution in [3.05, 3.63) is 0 Å². The van der Waals surface area contributed by atoms with Crippen molar-refractivity contribution in [2.24, 2.45) is 11.8 Å². The van der Waals surface area contributed by atoms with Gasteiger partial charge in [0.15, 0.2) is 0 Å². The number of hydrogen-bond acceptors (Lipinski definition) is 4. The van der Waals surface area contributed by atoms with Crippen LogP contribution in [0.5, 0.6) is 0 Å². The van der Waals surface area contributed by atoms with Crippen molar-refractivity contribution in [1.82, 2.24) is 0 Å². The van der Waals surface area contributed by atoms with Gasteiger partial charge in [-0.1, -0.05) is 33.1 Å². The first-order valence-electron chi connectivity index (χ1n) is 4.94. The molecule has 4 nitrogen and oxygen atoms in total. The van der Waals surface area contributed by atoms with Crippen LogP contribution in [0.15, 0.2) is 0 Å². The van der Waals surface area contributed by atoms with Gasteiger partial charge in [0.05, 0.1) is 11.9 Å². The number of rotatable bonds is 7. The van der Waals surface area contributed by atoms with Gasteiger partial charge in [0.1, 0.15) is 0 Å². The number of carboxylic acid groups (broad SMARTS) is 2. The van der Waals surface area contributed by atoms with Crippen molar-refractivity contribution in [3.8, 4) is 0 Å². The standard InChI is InChI=1S/C10H18O4.Li.Na/c1-3-5-7(4-2)6-8(9(11)12)10(13)14;;/h7-8H,3-6H2,1-2H3,(H,11,12)(H,13,14);;/q;2*+1/p-2. The van der Waals surface area contributed by atoms with Gasteiger partial charge in [-0.2, -0.15) is 0 Å². The molecule has 16 heavy (non-hydrogen) atoms. The van der Waals surface area contributed by atoms with Crippen LogP contribution in [0.25, 0.3) is 0 Å². The molecule has 82 valence electrons. The average molecular weight is 230 g/mol. The summed E-state index contributed by atoms with van der Waals surface area (Å²) in [6.45, 7) is 3.90. The topological polar surface area (TPSA) is 80.3 Å². The molecular weight excluding hydrogens is 214 g/mol. The molecule has 0 aromatic carbocycles. The molecule has 0 heterocycles. The van der Waals surface area contributed by atoms with Gasteiger partial charge in [0.25, 0.3) is 0 Å². The molecular formula is C10H16LiNaO4. The van der Waals surface area contributed by atoms with Gasteiger partial charge in [-0.15, -0.1) is 0 Å². The van der Waals surface area contributed by atoms with Crippen LogP contribution in [-0.2, 0) is 9.59 Å². The first kappa shape index (κ1) is 21.8. The SMILES string of the molecule is CCCC(CC)CC(C(=O)[O-])C(=O)[O-].[Li+].[Na+]. The molecule has 0 radical (unpaired) electrons. The maximum absolute atomic E-state index is 10.5. The summed E-state index contributed by atoms with van der Waals surface area (Å²) in [5.74, 6) is -4.42. The molecule has 0 spiro atoms. The van der Waals surface area contributed by atoms with Crippen LogP contribution in [0.3, 0.4) is 0 Å². The quantitative estimate of drug-likeness (QED) is 0.321. The molecule has 1 unspecified atom stereocenters. The monoisotopic (exact) mass is 230 g/mol. The summed E-state index contributed by atoms with van der Waals surface area (Å²) in [5, 5.41) is 20.9. The Morgan fingerprint density at radius 3 is 1.81 bits per heavy atom. The number of aliphatic carboxylic acids is 2. The molecule has 0 rings (SSSR count). The second-order valence-electron chi connectivity index (χ2n) is 3.49. The Morgan fingerprint density at radius 1 is 1.12 bits per heavy atom. The fraction of sp³-hybridized carbons (Fsp3) is 0.800. The van der Waals surface area contributed by atoms with Crippen LogP contribution in [0.4, 0.5) is 0 Å². The minimum Gasteiger partial charge on any atom is -0.549 e. The fourth-order valence-corrected chi connectivity index (χ4v) is 1.52. The summed E-state index contributed by atoms with van der Waals surface area (Å²) in [4.78, 5) is 20.9. The van der Waals surface area contributed by atoms with E-state index >= 15 is 0 Å². The van der Waals surface area contributed by atoms with Gasteiger partial charge in [-0.05, 0) is 12.3 Å². The minimum atomic E-state index is -1.54. The van der Waals surface area contributed by atoms with Crippen molar-refractivity contribution in [2.75, 3.05) is 0 Å². The molecule has 0 N–H and O–H groups in total. The van der Waals surface area contributed by atoms with E-state index in [0.29, 0.717) is 0 Å². The zero-order valence-electron chi connectivity index (χ0n) is 10.6. The summed E-state index contributed by atoms with van der Waals surface area (Å²) in [6.07, 6.45) is 2.67. The Morgan fingerprint density at radius 2 is 1.56 bits per heavy atom. The first-order chi connectivity index (χ1) is 6.52. The van der Waals surface area contributed by atoms with Crippen LogP contribution in [0, 0.1) is 11.8 Å². The number of carbonyl (C=O) groups excluding carboxylic acids is 2. The molecule has 0 bridgehead atoms. The Kier molecular flexibility index (Phi) is 16.3. The Labute approximate surface area is 131 Å². The molecule has 0 aromatic rings. The Hall–Kier alpha value is 0.537. The van der Waals surface area contributed by atoms with Gasteiger partial charge in [-0.3, -0.25) is 0 Å². The maximum atomic E-state index is 10.5. The van der Waals surface area contributed by atoms with E-state index in [2.05, 4.69) is 0 Å². The Balaban J connectivity index is -0.000000845. The van der Waals surface area contributed by atoms with Crippen LogP contribution in [0.1, 0.15) is 39.5 Å². The molecule has 1 atom stereocenters. The zero-order chi connectivity index (χ0) is 11.1. The third-order valence-corrected chi connectivity index (χ3v) is 2.41. The summed E-state index contributed by atoms with van der Waals surface area (Å²) in [7, 11) is 0. The van der Waals surface area contributed by atoms with E-state index in [0.717, 1.165) is 19.3 Å². The van der Waals surface area contributed by atoms with Crippen molar-refractivity contribution < 1.29 is 68.2 Å². The smallest absolute Gasteiger partial charge is 0.549 e. The average Bonchev–Trinajstić information content (AvgIpc) is 2.10. The molecule has 0 saturated heterocycles. The van der Waals surface area contributed by atoms with E-state index in [1.54, 1.807) is 0 Å². The van der Waals surface area contributed by atoms with Gasteiger partial charge >= 0.3 is 48.4 Å². The van der Waals surface area contributed by atoms with E-state index in [4.69, 9.17) is 0 Å². The minimum absolute atomic E-state index is 0. The predicted molar refractivity (Wildman–Crippen MR) is 46.8 cm³/mol. The van der Waals surface area contributed by atoms with E-state index in [1.807, 2.05) is 13.8 Å². The second-order valence-corrected chi connectivity index (χ2v) is 3.49. The number of carbonyl (C=O) groups is 2. The molecule has 0 aliphatic heterocycles. The molecule has 0 amide bonds. The van der Waals surface area contributed by atoms with Gasteiger partial charge in [-0.25, -0.2) is 0 Å². The maximum Gasteiger partial charge on any atom is 1.00 e. The van der Waals surface area contributed by atoms with Crippen LogP contribution in [-0.4, -0.2) is 11.9 Å². The van der Waals surface area contributed by atoms with Crippen molar-refractivity contribution in [2.45, 2.75) is 39.5 Å². The van der Waals surface area contributed by atoms with Crippen LogP contribution in [0.2, 0.25) is 0 Å². The van der Waals surface area contributed by atoms with Crippen molar-refractivity contribution >= 4 is 11.9 Å². The third kappa shape index (κ3) is 8.66. The van der Waals surface area contributed by atoms with E-state index in [-0.39, 0.29) is 60.8 Å². The van der Waals surface area contributed by atoms with Crippen LogP contribution < -0.4 is 58.6 Å². The molecule has 6 heteroatoms. The van der Waals surface area contributed by atoms with Crippen molar-refractivity contribution in [1.29, 1.82) is 0 Å². The van der Waals surface area contributed by atoms with Crippen molar-refractivity contribution in [3.63, 3.8) is 0 Å². The summed E-state index contributed by atoms with van der Waals surface area (Å²) >= 11 is 0. The zero-order valence-corrected chi connectivity index (χ0v) is 12.6. The molecule has 0 aliphatic rings. The molecule has 0 fully saturated rings. The van der Waals surface area contributed by atoms with Gasteiger partial charge in [0.2, 0.25) is 0 Å². The van der Waals surface area contributed by atoms with E-state index in [1.165, 1.54) is 0 Å². The summed E-state index contributed by atoms with van der Waals surface area (Å²) in [5.41, 5.74) is 0. The van der Waals surface area contributed by atoms with Crippen LogP contribution >= 0.6 is 0 Å². The first-order valence-corrected chi connectivity index (χ1v) is 4.94. The third-order valence-electron chi connectivity index (χ3n) is 2.41.